The monoisotopic (exact) mass is 276 g/mol. The molecule has 0 amide bonds. The minimum absolute atomic E-state index is 0.0332. The predicted octanol–water partition coefficient (Wildman–Crippen LogP) is 3.17. The average molecular weight is 276 g/mol. The van der Waals surface area contributed by atoms with E-state index in [-0.39, 0.29) is 12.6 Å². The summed E-state index contributed by atoms with van der Waals surface area (Å²) in [7, 11) is 0. The third-order valence-corrected chi connectivity index (χ3v) is 2.36. The summed E-state index contributed by atoms with van der Waals surface area (Å²) in [5.74, 6) is 0.651. The molecule has 0 aromatic heterocycles. The molecule has 0 aliphatic rings. The summed E-state index contributed by atoms with van der Waals surface area (Å²) < 4.78 is 9.76. The van der Waals surface area contributed by atoms with Crippen molar-refractivity contribution in [2.24, 2.45) is 5.92 Å². The van der Waals surface area contributed by atoms with E-state index < -0.39 is 0 Å². The van der Waals surface area contributed by atoms with Crippen LogP contribution in [0.5, 0.6) is 0 Å². The lowest BCUT2D eigenvalue weighted by Gasteiger charge is -2.05. The van der Waals surface area contributed by atoms with Crippen molar-refractivity contribution in [1.29, 1.82) is 0 Å². The van der Waals surface area contributed by atoms with Gasteiger partial charge in [-0.2, -0.15) is 0 Å². The average Bonchev–Trinajstić information content (AvgIpc) is 2.37. The van der Waals surface area contributed by atoms with E-state index in [1.165, 1.54) is 0 Å². The Labute approximate surface area is 118 Å². The minimum Gasteiger partial charge on any atom is -0.466 e. The second-order valence-electron chi connectivity index (χ2n) is 4.78. The third-order valence-electron chi connectivity index (χ3n) is 2.36. The Kier molecular flexibility index (Phi) is 18.9. The van der Waals surface area contributed by atoms with Gasteiger partial charge in [0, 0.05) is 13.0 Å². The summed E-state index contributed by atoms with van der Waals surface area (Å²) in [4.78, 5) is 11.1. The van der Waals surface area contributed by atoms with Crippen molar-refractivity contribution in [1.82, 2.24) is 0 Å². The summed E-state index contributed by atoms with van der Waals surface area (Å²) in [6, 6.07) is 0. The molecule has 0 aromatic rings. The van der Waals surface area contributed by atoms with Gasteiger partial charge in [-0.1, -0.05) is 33.6 Å². The van der Waals surface area contributed by atoms with Crippen molar-refractivity contribution >= 4 is 5.97 Å². The van der Waals surface area contributed by atoms with E-state index in [2.05, 4.69) is 20.8 Å². The van der Waals surface area contributed by atoms with Crippen LogP contribution in [0, 0.1) is 5.92 Å². The molecular weight excluding hydrogens is 244 g/mol. The van der Waals surface area contributed by atoms with E-state index in [1.54, 1.807) is 0 Å². The van der Waals surface area contributed by atoms with Gasteiger partial charge in [0.2, 0.25) is 0 Å². The first kappa shape index (κ1) is 20.7. The summed E-state index contributed by atoms with van der Waals surface area (Å²) in [6.07, 6.45) is 4.72. The maximum atomic E-state index is 11.1. The molecule has 0 bridgehead atoms. The lowest BCUT2D eigenvalue weighted by atomic mass is 10.1. The second-order valence-corrected chi connectivity index (χ2v) is 4.78. The maximum Gasteiger partial charge on any atom is 0.305 e. The van der Waals surface area contributed by atoms with Crippen LogP contribution in [-0.2, 0) is 14.3 Å². The Morgan fingerprint density at radius 3 is 2.26 bits per heavy atom. The van der Waals surface area contributed by atoms with E-state index in [4.69, 9.17) is 14.6 Å². The fourth-order valence-corrected chi connectivity index (χ4v) is 1.27. The molecule has 116 valence electrons. The molecular formula is C15H32O4. The third kappa shape index (κ3) is 23.0. The lowest BCUT2D eigenvalue weighted by molar-refractivity contribution is -0.143. The van der Waals surface area contributed by atoms with E-state index in [0.29, 0.717) is 32.2 Å². The van der Waals surface area contributed by atoms with Gasteiger partial charge < -0.3 is 14.6 Å². The molecule has 0 aromatic carbocycles. The standard InChI is InChI=1S/C11H22O2.C4H10O2/c1-4-5-9-13-11(12)8-6-7-10(2)3;1-2-6-4-3-5/h10H,4-9H2,1-3H3;5H,2-4H2,1H3. The van der Waals surface area contributed by atoms with Gasteiger partial charge in [-0.3, -0.25) is 4.79 Å². The summed E-state index contributed by atoms with van der Waals surface area (Å²) in [5, 5.41) is 8.07. The van der Waals surface area contributed by atoms with Gasteiger partial charge in [0.1, 0.15) is 0 Å². The second kappa shape index (κ2) is 17.4. The molecule has 0 fully saturated rings. The highest BCUT2D eigenvalue weighted by molar-refractivity contribution is 5.69. The number of ether oxygens (including phenoxy) is 2. The molecule has 0 saturated carbocycles. The number of rotatable bonds is 10. The molecule has 0 saturated heterocycles. The number of hydrogen-bond donors (Lipinski definition) is 1. The lowest BCUT2D eigenvalue weighted by Crippen LogP contribution is -2.05. The van der Waals surface area contributed by atoms with Gasteiger partial charge in [0.05, 0.1) is 19.8 Å². The Morgan fingerprint density at radius 2 is 1.84 bits per heavy atom. The highest BCUT2D eigenvalue weighted by Crippen LogP contribution is 2.06. The fourth-order valence-electron chi connectivity index (χ4n) is 1.27. The zero-order valence-corrected chi connectivity index (χ0v) is 13.1. The topological polar surface area (TPSA) is 55.8 Å². The van der Waals surface area contributed by atoms with Crippen LogP contribution in [0.25, 0.3) is 0 Å². The van der Waals surface area contributed by atoms with Gasteiger partial charge in [-0.15, -0.1) is 0 Å². The van der Waals surface area contributed by atoms with Crippen LogP contribution in [0.4, 0.5) is 0 Å². The molecule has 0 unspecified atom stereocenters. The van der Waals surface area contributed by atoms with Gasteiger partial charge in [-0.25, -0.2) is 0 Å². The molecule has 0 atom stereocenters. The Hall–Kier alpha value is -0.610. The summed E-state index contributed by atoms with van der Waals surface area (Å²) >= 11 is 0. The molecule has 0 spiro atoms. The predicted molar refractivity (Wildman–Crippen MR) is 78.1 cm³/mol. The quantitative estimate of drug-likeness (QED) is 0.492. The first-order valence-corrected chi connectivity index (χ1v) is 7.42. The van der Waals surface area contributed by atoms with Crippen molar-refractivity contribution in [3.63, 3.8) is 0 Å². The van der Waals surface area contributed by atoms with Crippen LogP contribution in [0.2, 0.25) is 0 Å². The highest BCUT2D eigenvalue weighted by Gasteiger charge is 2.02. The first-order chi connectivity index (χ1) is 9.08. The van der Waals surface area contributed by atoms with Crippen LogP contribution >= 0.6 is 0 Å². The smallest absolute Gasteiger partial charge is 0.305 e. The number of esters is 1. The van der Waals surface area contributed by atoms with Crippen LogP contribution in [0.15, 0.2) is 0 Å². The van der Waals surface area contributed by atoms with Crippen molar-refractivity contribution < 1.29 is 19.4 Å². The molecule has 0 aliphatic carbocycles. The molecule has 0 radical (unpaired) electrons. The van der Waals surface area contributed by atoms with Gasteiger partial charge in [-0.05, 0) is 25.7 Å². The number of unbranched alkanes of at least 4 members (excludes halogenated alkanes) is 1. The van der Waals surface area contributed by atoms with Gasteiger partial charge in [0.25, 0.3) is 0 Å². The molecule has 4 heteroatoms. The Morgan fingerprint density at radius 1 is 1.16 bits per heavy atom. The number of hydrogen-bond acceptors (Lipinski definition) is 4. The first-order valence-electron chi connectivity index (χ1n) is 7.42. The molecule has 0 heterocycles. The van der Waals surface area contributed by atoms with Crippen LogP contribution in [0.1, 0.15) is 59.8 Å². The molecule has 0 rings (SSSR count). The van der Waals surface area contributed by atoms with Crippen LogP contribution in [-0.4, -0.2) is 37.5 Å². The van der Waals surface area contributed by atoms with Gasteiger partial charge in [0.15, 0.2) is 0 Å². The highest BCUT2D eigenvalue weighted by atomic mass is 16.5. The van der Waals surface area contributed by atoms with Crippen LogP contribution < -0.4 is 0 Å². The van der Waals surface area contributed by atoms with E-state index in [1.807, 2.05) is 6.92 Å². The normalized spacial score (nSPS) is 10.0. The fraction of sp³-hybridized carbons (Fsp3) is 0.933. The van der Waals surface area contributed by atoms with Crippen molar-refractivity contribution in [2.75, 3.05) is 26.4 Å². The SMILES string of the molecule is CCCCOC(=O)CCCC(C)C.CCOCCO. The Bertz CT molecular complexity index is 177. The molecule has 1 N–H and O–H groups in total. The zero-order valence-electron chi connectivity index (χ0n) is 13.1. The van der Waals surface area contributed by atoms with E-state index in [9.17, 15) is 4.79 Å². The van der Waals surface area contributed by atoms with Crippen molar-refractivity contribution in [2.45, 2.75) is 59.8 Å². The van der Waals surface area contributed by atoms with E-state index in [0.717, 1.165) is 25.7 Å². The molecule has 4 nitrogen and oxygen atoms in total. The number of carbonyl (C=O) groups is 1. The molecule has 0 aliphatic heterocycles. The Balaban J connectivity index is 0. The maximum absolute atomic E-state index is 11.1. The van der Waals surface area contributed by atoms with Crippen molar-refractivity contribution in [3.8, 4) is 0 Å². The summed E-state index contributed by atoms with van der Waals surface area (Å²) in [6.45, 7) is 10.2. The number of aliphatic hydroxyl groups excluding tert-OH is 1. The van der Waals surface area contributed by atoms with E-state index >= 15 is 0 Å². The number of carbonyl (C=O) groups excluding carboxylic acids is 1. The zero-order chi connectivity index (χ0) is 14.9. The van der Waals surface area contributed by atoms with Gasteiger partial charge >= 0.3 is 5.97 Å². The largest absolute Gasteiger partial charge is 0.466 e. The molecule has 19 heavy (non-hydrogen) atoms. The minimum atomic E-state index is -0.0332. The summed E-state index contributed by atoms with van der Waals surface area (Å²) in [5.41, 5.74) is 0. The number of aliphatic hydroxyl groups is 1. The van der Waals surface area contributed by atoms with Crippen LogP contribution in [0.3, 0.4) is 0 Å². The van der Waals surface area contributed by atoms with Crippen molar-refractivity contribution in [3.05, 3.63) is 0 Å².